The zero-order chi connectivity index (χ0) is 23.7. The van der Waals surface area contributed by atoms with Crippen molar-refractivity contribution in [3.8, 4) is 5.75 Å². The third kappa shape index (κ3) is 11.4. The van der Waals surface area contributed by atoms with E-state index in [0.717, 1.165) is 61.4 Å². The first-order valence-electron chi connectivity index (χ1n) is 13.0. The van der Waals surface area contributed by atoms with E-state index in [-0.39, 0.29) is 17.8 Å². The number of aromatic hydroxyl groups is 1. The van der Waals surface area contributed by atoms with Crippen LogP contribution in [0.4, 0.5) is 0 Å². The predicted molar refractivity (Wildman–Crippen MR) is 138 cm³/mol. The van der Waals surface area contributed by atoms with Gasteiger partial charge in [-0.2, -0.15) is 0 Å². The molecule has 5 heteroatoms. The Balaban J connectivity index is 1.42. The lowest BCUT2D eigenvalue weighted by Crippen LogP contribution is -2.25. The quantitative estimate of drug-likeness (QED) is 0.152. The lowest BCUT2D eigenvalue weighted by Gasteiger charge is -2.07. The standard InChI is InChI=1S/C28H44N2O3/c1-2-3-4-11-14-24(31)15-12-9-7-5-6-8-10-13-16-28(33)29-20-19-23-22-30-27-18-17-25(32)21-26(23)27/h9,12,17-18,21-22,24,30-32H,2-8,10-11,13-16,19-20H2,1H3,(H,29,33)/b12-9+/t24-/m1/s1. The molecular weight excluding hydrogens is 412 g/mol. The van der Waals surface area contributed by atoms with Crippen LogP contribution in [0.25, 0.3) is 10.9 Å². The number of phenolic OH excluding ortho intramolecular Hbond substituents is 1. The fourth-order valence-electron chi connectivity index (χ4n) is 4.17. The Morgan fingerprint density at radius 1 is 1.06 bits per heavy atom. The first kappa shape index (κ1) is 27.0. The summed E-state index contributed by atoms with van der Waals surface area (Å²) in [6.45, 7) is 2.82. The van der Waals surface area contributed by atoms with Gasteiger partial charge in [0.2, 0.25) is 5.91 Å². The monoisotopic (exact) mass is 456 g/mol. The van der Waals surface area contributed by atoms with E-state index in [1.54, 1.807) is 12.1 Å². The number of allylic oxidation sites excluding steroid dienone is 1. The second-order valence-electron chi connectivity index (χ2n) is 9.16. The van der Waals surface area contributed by atoms with E-state index >= 15 is 0 Å². The number of rotatable bonds is 18. The minimum atomic E-state index is -0.181. The molecule has 1 aromatic carbocycles. The number of benzene rings is 1. The average molecular weight is 457 g/mol. The highest BCUT2D eigenvalue weighted by molar-refractivity contribution is 5.84. The maximum absolute atomic E-state index is 12.1. The predicted octanol–water partition coefficient (Wildman–Crippen LogP) is 6.54. The third-order valence-electron chi connectivity index (χ3n) is 6.21. The zero-order valence-corrected chi connectivity index (χ0v) is 20.5. The fourth-order valence-corrected chi connectivity index (χ4v) is 4.17. The fraction of sp³-hybridized carbons (Fsp3) is 0.607. The molecular formula is C28H44N2O3. The number of carbonyl (C=O) groups excluding carboxylic acids is 1. The minimum Gasteiger partial charge on any atom is -0.508 e. The lowest BCUT2D eigenvalue weighted by molar-refractivity contribution is -0.121. The molecule has 0 aliphatic heterocycles. The third-order valence-corrected chi connectivity index (χ3v) is 6.21. The highest BCUT2D eigenvalue weighted by atomic mass is 16.3. The van der Waals surface area contributed by atoms with Crippen molar-refractivity contribution in [2.45, 2.75) is 103 Å². The van der Waals surface area contributed by atoms with Crippen molar-refractivity contribution in [2.75, 3.05) is 6.54 Å². The molecule has 0 radical (unpaired) electrons. The molecule has 5 nitrogen and oxygen atoms in total. The van der Waals surface area contributed by atoms with Gasteiger partial charge in [0.05, 0.1) is 6.10 Å². The van der Waals surface area contributed by atoms with Crippen LogP contribution in [0.15, 0.2) is 36.5 Å². The maximum Gasteiger partial charge on any atom is 0.220 e. The van der Waals surface area contributed by atoms with Gasteiger partial charge in [0.25, 0.3) is 0 Å². The molecule has 0 aliphatic rings. The number of amides is 1. The van der Waals surface area contributed by atoms with Gasteiger partial charge in [0, 0.05) is 30.1 Å². The minimum absolute atomic E-state index is 0.119. The van der Waals surface area contributed by atoms with Gasteiger partial charge in [-0.15, -0.1) is 0 Å². The molecule has 1 aromatic heterocycles. The molecule has 0 fully saturated rings. The van der Waals surface area contributed by atoms with Gasteiger partial charge in [0.15, 0.2) is 0 Å². The molecule has 33 heavy (non-hydrogen) atoms. The molecule has 0 bridgehead atoms. The number of aliphatic hydroxyl groups excluding tert-OH is 1. The molecule has 0 spiro atoms. The van der Waals surface area contributed by atoms with Crippen molar-refractivity contribution in [3.05, 3.63) is 42.1 Å². The van der Waals surface area contributed by atoms with E-state index in [2.05, 4.69) is 29.4 Å². The summed E-state index contributed by atoms with van der Waals surface area (Å²) < 4.78 is 0. The van der Waals surface area contributed by atoms with Crippen LogP contribution in [-0.4, -0.2) is 33.8 Å². The summed E-state index contributed by atoms with van der Waals surface area (Å²) in [7, 11) is 0. The van der Waals surface area contributed by atoms with E-state index in [1.807, 2.05) is 12.3 Å². The van der Waals surface area contributed by atoms with Crippen molar-refractivity contribution >= 4 is 16.8 Å². The van der Waals surface area contributed by atoms with E-state index < -0.39 is 0 Å². The van der Waals surface area contributed by atoms with Gasteiger partial charge in [-0.05, 0) is 62.3 Å². The van der Waals surface area contributed by atoms with E-state index in [4.69, 9.17) is 0 Å². The number of H-pyrrole nitrogens is 1. The van der Waals surface area contributed by atoms with Gasteiger partial charge in [-0.3, -0.25) is 4.79 Å². The van der Waals surface area contributed by atoms with Crippen molar-refractivity contribution in [3.63, 3.8) is 0 Å². The Bertz CT molecular complexity index is 828. The zero-order valence-electron chi connectivity index (χ0n) is 20.5. The second kappa shape index (κ2) is 16.4. The number of phenols is 1. The van der Waals surface area contributed by atoms with Crippen LogP contribution in [0, 0.1) is 0 Å². The Morgan fingerprint density at radius 3 is 2.70 bits per heavy atom. The highest BCUT2D eigenvalue weighted by Gasteiger charge is 2.06. The number of carbonyl (C=O) groups is 1. The topological polar surface area (TPSA) is 85.4 Å². The SMILES string of the molecule is CCCCCC[C@@H](O)C/C=C/CCCCCCCC(=O)NCCc1c[nH]c2ccc(O)cc12. The van der Waals surface area contributed by atoms with Crippen molar-refractivity contribution in [1.82, 2.24) is 10.3 Å². The number of aliphatic hydroxyl groups is 1. The van der Waals surface area contributed by atoms with E-state index in [0.29, 0.717) is 13.0 Å². The van der Waals surface area contributed by atoms with Crippen LogP contribution < -0.4 is 5.32 Å². The summed E-state index contributed by atoms with van der Waals surface area (Å²) in [5.41, 5.74) is 2.11. The molecule has 2 rings (SSSR count). The lowest BCUT2D eigenvalue weighted by atomic mass is 10.1. The van der Waals surface area contributed by atoms with Crippen LogP contribution in [0.3, 0.4) is 0 Å². The Hall–Kier alpha value is -2.27. The second-order valence-corrected chi connectivity index (χ2v) is 9.16. The van der Waals surface area contributed by atoms with Gasteiger partial charge in [-0.1, -0.05) is 64.0 Å². The first-order chi connectivity index (χ1) is 16.1. The van der Waals surface area contributed by atoms with Gasteiger partial charge in [0.1, 0.15) is 5.75 Å². The maximum atomic E-state index is 12.1. The Morgan fingerprint density at radius 2 is 1.85 bits per heavy atom. The molecule has 0 aliphatic carbocycles. The Kier molecular flexibility index (Phi) is 13.4. The summed E-state index contributed by atoms with van der Waals surface area (Å²) in [4.78, 5) is 15.3. The molecule has 2 aromatic rings. The number of hydrogen-bond acceptors (Lipinski definition) is 3. The summed E-state index contributed by atoms with van der Waals surface area (Å²) in [5.74, 6) is 0.379. The van der Waals surface area contributed by atoms with E-state index in [9.17, 15) is 15.0 Å². The summed E-state index contributed by atoms with van der Waals surface area (Å²) in [5, 5.41) is 23.6. The van der Waals surface area contributed by atoms with Crippen molar-refractivity contribution < 1.29 is 15.0 Å². The smallest absolute Gasteiger partial charge is 0.220 e. The van der Waals surface area contributed by atoms with Gasteiger partial charge < -0.3 is 20.5 Å². The molecule has 0 saturated carbocycles. The van der Waals surface area contributed by atoms with Gasteiger partial charge >= 0.3 is 0 Å². The highest BCUT2D eigenvalue weighted by Crippen LogP contribution is 2.23. The number of hydrogen-bond donors (Lipinski definition) is 4. The normalized spacial score (nSPS) is 12.5. The number of aromatic amines is 1. The molecule has 4 N–H and O–H groups in total. The summed E-state index contributed by atoms with van der Waals surface area (Å²) >= 11 is 0. The number of unbranched alkanes of at least 4 members (excludes halogenated alkanes) is 8. The van der Waals surface area contributed by atoms with Crippen LogP contribution in [0.1, 0.15) is 96.0 Å². The van der Waals surface area contributed by atoms with Gasteiger partial charge in [-0.25, -0.2) is 0 Å². The molecule has 1 heterocycles. The molecule has 184 valence electrons. The molecule has 1 atom stereocenters. The van der Waals surface area contributed by atoms with Crippen LogP contribution in [0.5, 0.6) is 5.75 Å². The number of fused-ring (bicyclic) bond motifs is 1. The van der Waals surface area contributed by atoms with Crippen LogP contribution in [-0.2, 0) is 11.2 Å². The molecule has 1 amide bonds. The van der Waals surface area contributed by atoms with E-state index in [1.165, 1.54) is 38.5 Å². The van der Waals surface area contributed by atoms with Crippen LogP contribution >= 0.6 is 0 Å². The summed E-state index contributed by atoms with van der Waals surface area (Å²) in [6, 6.07) is 5.30. The summed E-state index contributed by atoms with van der Waals surface area (Å²) in [6.07, 6.45) is 20.7. The Labute approximate surface area is 199 Å². The average Bonchev–Trinajstić information content (AvgIpc) is 3.20. The number of aromatic nitrogens is 1. The van der Waals surface area contributed by atoms with Crippen molar-refractivity contribution in [2.24, 2.45) is 0 Å². The number of nitrogens with one attached hydrogen (secondary N) is 2. The first-order valence-corrected chi connectivity index (χ1v) is 13.0. The molecule has 0 saturated heterocycles. The van der Waals surface area contributed by atoms with Crippen LogP contribution in [0.2, 0.25) is 0 Å². The van der Waals surface area contributed by atoms with Crippen molar-refractivity contribution in [1.29, 1.82) is 0 Å². The largest absolute Gasteiger partial charge is 0.508 e. The molecule has 0 unspecified atom stereocenters.